The van der Waals surface area contributed by atoms with Crippen molar-refractivity contribution in [2.75, 3.05) is 0 Å². The van der Waals surface area contributed by atoms with E-state index in [-0.39, 0.29) is 6.42 Å². The fourth-order valence-corrected chi connectivity index (χ4v) is 0.799. The maximum atomic E-state index is 12.2. The average molecular weight is 160 g/mol. The minimum atomic E-state index is -2.36. The molecule has 0 spiro atoms. The summed E-state index contributed by atoms with van der Waals surface area (Å²) in [5.41, 5.74) is 0.460. The van der Waals surface area contributed by atoms with E-state index in [2.05, 4.69) is 0 Å². The summed E-state index contributed by atoms with van der Waals surface area (Å²) in [7, 11) is 0. The Morgan fingerprint density at radius 3 is 2.09 bits per heavy atom. The van der Waals surface area contributed by atoms with Gasteiger partial charge in [-0.05, 0) is 17.7 Å². The third-order valence-electron chi connectivity index (χ3n) is 1.30. The minimum Gasteiger partial charge on any atom is -0.210 e. The Kier molecular flexibility index (Phi) is 2.52. The summed E-state index contributed by atoms with van der Waals surface area (Å²) in [6, 6.07) is 5.08. The van der Waals surface area contributed by atoms with E-state index in [4.69, 9.17) is 0 Å². The van der Waals surface area contributed by atoms with Crippen LogP contribution in [0.3, 0.4) is 0 Å². The van der Waals surface area contributed by atoms with E-state index in [0.29, 0.717) is 5.56 Å². The van der Waals surface area contributed by atoms with Crippen LogP contribution in [-0.4, -0.2) is 6.43 Å². The summed E-state index contributed by atoms with van der Waals surface area (Å²) in [4.78, 5) is 0. The van der Waals surface area contributed by atoms with Crippen molar-refractivity contribution >= 4 is 0 Å². The van der Waals surface area contributed by atoms with Gasteiger partial charge >= 0.3 is 0 Å². The SMILES string of the molecule is Fc1ccc(CC(F)F)cc1. The summed E-state index contributed by atoms with van der Waals surface area (Å²) in [5.74, 6) is -0.400. The third kappa shape index (κ3) is 2.62. The second kappa shape index (κ2) is 3.42. The average Bonchev–Trinajstić information content (AvgIpc) is 1.93. The van der Waals surface area contributed by atoms with Gasteiger partial charge in [-0.3, -0.25) is 0 Å². The van der Waals surface area contributed by atoms with Crippen LogP contribution in [0.1, 0.15) is 5.56 Å². The molecule has 0 radical (unpaired) electrons. The van der Waals surface area contributed by atoms with E-state index in [1.165, 1.54) is 24.3 Å². The first-order chi connectivity index (χ1) is 5.18. The molecule has 1 aromatic carbocycles. The van der Waals surface area contributed by atoms with Crippen molar-refractivity contribution in [3.63, 3.8) is 0 Å². The molecule has 0 heterocycles. The molecule has 1 aromatic rings. The number of rotatable bonds is 2. The summed E-state index contributed by atoms with van der Waals surface area (Å²) in [5, 5.41) is 0. The molecule has 0 amide bonds. The van der Waals surface area contributed by atoms with Crippen LogP contribution in [0.2, 0.25) is 0 Å². The first kappa shape index (κ1) is 8.11. The topological polar surface area (TPSA) is 0 Å². The Labute approximate surface area is 62.7 Å². The molecule has 0 N–H and O–H groups in total. The molecular formula is C8H7F3. The lowest BCUT2D eigenvalue weighted by atomic mass is 10.2. The largest absolute Gasteiger partial charge is 0.242 e. The molecule has 11 heavy (non-hydrogen) atoms. The van der Waals surface area contributed by atoms with Crippen LogP contribution in [0, 0.1) is 5.82 Å². The maximum Gasteiger partial charge on any atom is 0.242 e. The van der Waals surface area contributed by atoms with Gasteiger partial charge < -0.3 is 0 Å². The van der Waals surface area contributed by atoms with Crippen molar-refractivity contribution in [2.24, 2.45) is 0 Å². The van der Waals surface area contributed by atoms with Crippen molar-refractivity contribution in [1.82, 2.24) is 0 Å². The molecule has 0 bridgehead atoms. The maximum absolute atomic E-state index is 12.2. The van der Waals surface area contributed by atoms with Crippen molar-refractivity contribution < 1.29 is 13.2 Å². The molecule has 0 nitrogen and oxygen atoms in total. The lowest BCUT2D eigenvalue weighted by Crippen LogP contribution is -1.95. The number of hydrogen-bond donors (Lipinski definition) is 0. The molecule has 0 unspecified atom stereocenters. The predicted octanol–water partition coefficient (Wildman–Crippen LogP) is 2.63. The van der Waals surface area contributed by atoms with Gasteiger partial charge in [-0.15, -0.1) is 0 Å². The first-order valence-corrected chi connectivity index (χ1v) is 3.21. The molecule has 1 rings (SSSR count). The second-order valence-electron chi connectivity index (χ2n) is 2.22. The highest BCUT2D eigenvalue weighted by Gasteiger charge is 2.03. The predicted molar refractivity (Wildman–Crippen MR) is 36.1 cm³/mol. The zero-order valence-corrected chi connectivity index (χ0v) is 5.73. The van der Waals surface area contributed by atoms with Gasteiger partial charge in [0.05, 0.1) is 0 Å². The van der Waals surface area contributed by atoms with Gasteiger partial charge in [0, 0.05) is 6.42 Å². The Hall–Kier alpha value is -0.990. The standard InChI is InChI=1S/C8H7F3/c9-7-3-1-6(2-4-7)5-8(10)11/h1-4,8H,5H2. The zero-order chi connectivity index (χ0) is 8.27. The van der Waals surface area contributed by atoms with Gasteiger partial charge in [-0.1, -0.05) is 12.1 Å². The van der Waals surface area contributed by atoms with E-state index in [9.17, 15) is 13.2 Å². The second-order valence-corrected chi connectivity index (χ2v) is 2.22. The van der Waals surface area contributed by atoms with E-state index < -0.39 is 12.2 Å². The van der Waals surface area contributed by atoms with Crippen LogP contribution < -0.4 is 0 Å². The lowest BCUT2D eigenvalue weighted by molar-refractivity contribution is 0.149. The Morgan fingerprint density at radius 1 is 1.09 bits per heavy atom. The molecular weight excluding hydrogens is 153 g/mol. The molecule has 3 heteroatoms. The van der Waals surface area contributed by atoms with Crippen LogP contribution in [0.5, 0.6) is 0 Å². The lowest BCUT2D eigenvalue weighted by Gasteiger charge is -1.98. The van der Waals surface area contributed by atoms with Crippen LogP contribution in [0.15, 0.2) is 24.3 Å². The monoisotopic (exact) mass is 160 g/mol. The van der Waals surface area contributed by atoms with Crippen LogP contribution >= 0.6 is 0 Å². The highest BCUT2D eigenvalue weighted by atomic mass is 19.3. The molecule has 60 valence electrons. The van der Waals surface area contributed by atoms with Gasteiger partial charge in [-0.25, -0.2) is 13.2 Å². The van der Waals surface area contributed by atoms with Gasteiger partial charge in [0.25, 0.3) is 0 Å². The fraction of sp³-hybridized carbons (Fsp3) is 0.250. The van der Waals surface area contributed by atoms with Gasteiger partial charge in [-0.2, -0.15) is 0 Å². The summed E-state index contributed by atoms with van der Waals surface area (Å²) in [6.45, 7) is 0. The molecule has 0 saturated carbocycles. The van der Waals surface area contributed by atoms with Crippen LogP contribution in [-0.2, 0) is 6.42 Å². The molecule has 0 aliphatic rings. The van der Waals surface area contributed by atoms with Gasteiger partial charge in [0.1, 0.15) is 5.82 Å². The number of hydrogen-bond acceptors (Lipinski definition) is 0. The molecule has 0 aromatic heterocycles. The van der Waals surface area contributed by atoms with Crippen LogP contribution in [0.25, 0.3) is 0 Å². The highest BCUT2D eigenvalue weighted by Crippen LogP contribution is 2.07. The number of halogens is 3. The Bertz CT molecular complexity index is 215. The zero-order valence-electron chi connectivity index (χ0n) is 5.73. The minimum absolute atomic E-state index is 0.305. The normalized spacial score (nSPS) is 10.5. The number of alkyl halides is 2. The fourth-order valence-electron chi connectivity index (χ4n) is 0.799. The summed E-state index contributed by atoms with van der Waals surface area (Å²) < 4.78 is 35.7. The van der Waals surface area contributed by atoms with Crippen LogP contribution in [0.4, 0.5) is 13.2 Å². The van der Waals surface area contributed by atoms with Crippen molar-refractivity contribution in [3.8, 4) is 0 Å². The van der Waals surface area contributed by atoms with E-state index in [0.717, 1.165) is 0 Å². The summed E-state index contributed by atoms with van der Waals surface area (Å²) >= 11 is 0. The van der Waals surface area contributed by atoms with E-state index >= 15 is 0 Å². The Morgan fingerprint density at radius 2 is 1.64 bits per heavy atom. The molecule has 0 saturated heterocycles. The van der Waals surface area contributed by atoms with E-state index in [1.807, 2.05) is 0 Å². The van der Waals surface area contributed by atoms with Crippen molar-refractivity contribution in [1.29, 1.82) is 0 Å². The molecule has 0 atom stereocenters. The Balaban J connectivity index is 2.66. The third-order valence-corrected chi connectivity index (χ3v) is 1.30. The number of benzene rings is 1. The quantitative estimate of drug-likeness (QED) is 0.623. The smallest absolute Gasteiger partial charge is 0.210 e. The van der Waals surface area contributed by atoms with Crippen molar-refractivity contribution in [3.05, 3.63) is 35.6 Å². The van der Waals surface area contributed by atoms with Crippen molar-refractivity contribution in [2.45, 2.75) is 12.8 Å². The van der Waals surface area contributed by atoms with Gasteiger partial charge in [0.2, 0.25) is 6.43 Å². The summed E-state index contributed by atoms with van der Waals surface area (Å²) in [6.07, 6.45) is -2.67. The van der Waals surface area contributed by atoms with Gasteiger partial charge in [0.15, 0.2) is 0 Å². The first-order valence-electron chi connectivity index (χ1n) is 3.21. The van der Waals surface area contributed by atoms with E-state index in [1.54, 1.807) is 0 Å². The molecule has 0 aliphatic heterocycles. The molecule has 0 fully saturated rings. The highest BCUT2D eigenvalue weighted by molar-refractivity contribution is 5.16. The molecule has 0 aliphatic carbocycles.